The Morgan fingerprint density at radius 2 is 1.89 bits per heavy atom. The largest absolute Gasteiger partial charge is 0.385 e. The molecule has 0 aliphatic rings. The molecule has 2 aromatic rings. The second kappa shape index (κ2) is 6.71. The normalized spacial score (nSPS) is 10.3. The maximum Gasteiger partial charge on any atom is 0.0906 e. The summed E-state index contributed by atoms with van der Waals surface area (Å²) in [7, 11) is 0. The molecule has 0 radical (unpaired) electrons. The van der Waals surface area contributed by atoms with E-state index in [-0.39, 0.29) is 0 Å². The molecule has 0 atom stereocenters. The van der Waals surface area contributed by atoms with Crippen LogP contribution in [0.3, 0.4) is 0 Å². The van der Waals surface area contributed by atoms with Gasteiger partial charge in [0.2, 0.25) is 0 Å². The van der Waals surface area contributed by atoms with E-state index in [0.717, 1.165) is 43.0 Å². The lowest BCUT2D eigenvalue weighted by atomic mass is 10.2. The third-order valence-corrected chi connectivity index (χ3v) is 2.65. The van der Waals surface area contributed by atoms with Gasteiger partial charge in [0.05, 0.1) is 11.4 Å². The van der Waals surface area contributed by atoms with Crippen LogP contribution in [0.25, 0.3) is 11.4 Å². The summed E-state index contributed by atoms with van der Waals surface area (Å²) in [6.07, 6.45) is 5.70. The highest BCUT2D eigenvalue weighted by atomic mass is 14.9. The first-order chi connectivity index (χ1) is 8.90. The molecule has 3 N–H and O–H groups in total. The number of hydrogen-bond donors (Lipinski definition) is 2. The molecular formula is C14H18N4. The summed E-state index contributed by atoms with van der Waals surface area (Å²) in [4.78, 5) is 8.62. The molecular weight excluding hydrogens is 224 g/mol. The van der Waals surface area contributed by atoms with Crippen molar-refractivity contribution in [3.63, 3.8) is 0 Å². The Labute approximate surface area is 107 Å². The van der Waals surface area contributed by atoms with Crippen LogP contribution in [-0.2, 0) is 0 Å². The maximum atomic E-state index is 5.46. The third-order valence-electron chi connectivity index (χ3n) is 2.65. The van der Waals surface area contributed by atoms with Crippen molar-refractivity contribution in [2.24, 2.45) is 5.73 Å². The second-order valence-corrected chi connectivity index (χ2v) is 4.07. The van der Waals surface area contributed by atoms with Gasteiger partial charge in [-0.1, -0.05) is 6.07 Å². The highest BCUT2D eigenvalue weighted by Gasteiger charge is 2.00. The SMILES string of the molecule is NCCCCNc1ccnc(-c2ccccn2)c1. The molecule has 0 aliphatic heterocycles. The van der Waals surface area contributed by atoms with Crippen LogP contribution in [0.1, 0.15) is 12.8 Å². The minimum Gasteiger partial charge on any atom is -0.385 e. The standard InChI is InChI=1S/C14H18N4/c15-7-2-4-8-16-12-6-10-18-14(11-12)13-5-1-3-9-17-13/h1,3,5-6,9-11H,2,4,7-8,15H2,(H,16,18). The van der Waals surface area contributed by atoms with Gasteiger partial charge >= 0.3 is 0 Å². The average molecular weight is 242 g/mol. The van der Waals surface area contributed by atoms with E-state index in [4.69, 9.17) is 5.73 Å². The summed E-state index contributed by atoms with van der Waals surface area (Å²) >= 11 is 0. The van der Waals surface area contributed by atoms with E-state index in [1.165, 1.54) is 0 Å². The van der Waals surface area contributed by atoms with Crippen molar-refractivity contribution in [3.05, 3.63) is 42.7 Å². The molecule has 0 saturated carbocycles. The van der Waals surface area contributed by atoms with Gasteiger partial charge in [-0.2, -0.15) is 0 Å². The van der Waals surface area contributed by atoms with Crippen LogP contribution in [0.5, 0.6) is 0 Å². The number of rotatable bonds is 6. The molecule has 4 nitrogen and oxygen atoms in total. The van der Waals surface area contributed by atoms with Crippen molar-refractivity contribution in [2.75, 3.05) is 18.4 Å². The minimum atomic E-state index is 0.747. The van der Waals surface area contributed by atoms with E-state index in [2.05, 4.69) is 15.3 Å². The fraction of sp³-hybridized carbons (Fsp3) is 0.286. The summed E-state index contributed by atoms with van der Waals surface area (Å²) in [5, 5.41) is 3.37. The maximum absolute atomic E-state index is 5.46. The second-order valence-electron chi connectivity index (χ2n) is 4.07. The number of nitrogens with one attached hydrogen (secondary N) is 1. The summed E-state index contributed by atoms with van der Waals surface area (Å²) in [6, 6.07) is 9.81. The van der Waals surface area contributed by atoms with Gasteiger partial charge in [0.15, 0.2) is 0 Å². The van der Waals surface area contributed by atoms with E-state index >= 15 is 0 Å². The van der Waals surface area contributed by atoms with Gasteiger partial charge in [0.25, 0.3) is 0 Å². The third kappa shape index (κ3) is 3.53. The van der Waals surface area contributed by atoms with Crippen molar-refractivity contribution in [2.45, 2.75) is 12.8 Å². The smallest absolute Gasteiger partial charge is 0.0906 e. The number of hydrogen-bond acceptors (Lipinski definition) is 4. The van der Waals surface area contributed by atoms with E-state index in [1.807, 2.05) is 30.3 Å². The van der Waals surface area contributed by atoms with Crippen LogP contribution in [0, 0.1) is 0 Å². The Hall–Kier alpha value is -1.94. The van der Waals surface area contributed by atoms with Crippen LogP contribution in [0.4, 0.5) is 5.69 Å². The summed E-state index contributed by atoms with van der Waals surface area (Å²) < 4.78 is 0. The molecule has 0 spiro atoms. The number of pyridine rings is 2. The fourth-order valence-corrected chi connectivity index (χ4v) is 1.70. The minimum absolute atomic E-state index is 0.747. The van der Waals surface area contributed by atoms with Crippen LogP contribution in [0.15, 0.2) is 42.7 Å². The average Bonchev–Trinajstić information content (AvgIpc) is 2.45. The lowest BCUT2D eigenvalue weighted by Crippen LogP contribution is -2.05. The van der Waals surface area contributed by atoms with E-state index in [0.29, 0.717) is 0 Å². The van der Waals surface area contributed by atoms with Crippen molar-refractivity contribution in [3.8, 4) is 11.4 Å². The van der Waals surface area contributed by atoms with Crippen molar-refractivity contribution >= 4 is 5.69 Å². The highest BCUT2D eigenvalue weighted by molar-refractivity contribution is 5.60. The van der Waals surface area contributed by atoms with Gasteiger partial charge in [-0.3, -0.25) is 9.97 Å². The van der Waals surface area contributed by atoms with Crippen LogP contribution in [-0.4, -0.2) is 23.1 Å². The first-order valence-corrected chi connectivity index (χ1v) is 6.21. The fourth-order valence-electron chi connectivity index (χ4n) is 1.70. The molecule has 0 unspecified atom stereocenters. The molecule has 2 heterocycles. The Balaban J connectivity index is 2.02. The zero-order valence-electron chi connectivity index (χ0n) is 10.3. The molecule has 0 fully saturated rings. The Morgan fingerprint density at radius 3 is 2.67 bits per heavy atom. The van der Waals surface area contributed by atoms with Gasteiger partial charge in [-0.25, -0.2) is 0 Å². The zero-order chi connectivity index (χ0) is 12.6. The summed E-state index contributed by atoms with van der Waals surface area (Å²) in [6.45, 7) is 1.68. The number of aromatic nitrogens is 2. The molecule has 94 valence electrons. The molecule has 0 aromatic carbocycles. The van der Waals surface area contributed by atoms with Crippen LogP contribution < -0.4 is 11.1 Å². The first-order valence-electron chi connectivity index (χ1n) is 6.21. The van der Waals surface area contributed by atoms with Crippen molar-refractivity contribution in [1.29, 1.82) is 0 Å². The zero-order valence-corrected chi connectivity index (χ0v) is 10.3. The first kappa shape index (κ1) is 12.5. The van der Waals surface area contributed by atoms with Crippen LogP contribution >= 0.6 is 0 Å². The van der Waals surface area contributed by atoms with Gasteiger partial charge in [-0.05, 0) is 43.7 Å². The molecule has 18 heavy (non-hydrogen) atoms. The van der Waals surface area contributed by atoms with Gasteiger partial charge in [0.1, 0.15) is 0 Å². The Kier molecular flexibility index (Phi) is 4.67. The van der Waals surface area contributed by atoms with Gasteiger partial charge in [0, 0.05) is 24.6 Å². The number of anilines is 1. The van der Waals surface area contributed by atoms with Gasteiger partial charge < -0.3 is 11.1 Å². The van der Waals surface area contributed by atoms with E-state index in [9.17, 15) is 0 Å². The summed E-state index contributed by atoms with van der Waals surface area (Å²) in [5.41, 5.74) is 8.31. The Bertz CT molecular complexity index is 470. The van der Waals surface area contributed by atoms with Crippen molar-refractivity contribution in [1.82, 2.24) is 9.97 Å². The topological polar surface area (TPSA) is 63.8 Å². The number of unbranched alkanes of at least 4 members (excludes halogenated alkanes) is 1. The van der Waals surface area contributed by atoms with E-state index < -0.39 is 0 Å². The summed E-state index contributed by atoms with van der Waals surface area (Å²) in [5.74, 6) is 0. The molecule has 4 heteroatoms. The monoisotopic (exact) mass is 242 g/mol. The van der Waals surface area contributed by atoms with Gasteiger partial charge in [-0.15, -0.1) is 0 Å². The predicted molar refractivity (Wildman–Crippen MR) is 74.2 cm³/mol. The molecule has 0 bridgehead atoms. The predicted octanol–water partition coefficient (Wildman–Crippen LogP) is 2.29. The Morgan fingerprint density at radius 1 is 1.00 bits per heavy atom. The lowest BCUT2D eigenvalue weighted by molar-refractivity contribution is 0.774. The molecule has 2 aromatic heterocycles. The number of nitrogens with zero attached hydrogens (tertiary/aromatic N) is 2. The number of nitrogens with two attached hydrogens (primary N) is 1. The lowest BCUT2D eigenvalue weighted by Gasteiger charge is -2.07. The molecule has 0 aliphatic carbocycles. The quantitative estimate of drug-likeness (QED) is 0.763. The molecule has 0 saturated heterocycles. The molecule has 0 amide bonds. The van der Waals surface area contributed by atoms with E-state index in [1.54, 1.807) is 12.4 Å². The highest BCUT2D eigenvalue weighted by Crippen LogP contribution is 2.17. The van der Waals surface area contributed by atoms with Crippen LogP contribution in [0.2, 0.25) is 0 Å². The molecule has 2 rings (SSSR count). The van der Waals surface area contributed by atoms with Crippen molar-refractivity contribution < 1.29 is 0 Å².